The Bertz CT molecular complexity index is 1230. The van der Waals surface area contributed by atoms with Gasteiger partial charge in [-0.25, -0.2) is 4.98 Å². The van der Waals surface area contributed by atoms with Crippen LogP contribution < -0.4 is 20.7 Å². The number of aryl methyl sites for hydroxylation is 1. The molecular weight excluding hydrogens is 469 g/mol. The van der Waals surface area contributed by atoms with Crippen molar-refractivity contribution in [2.24, 2.45) is 0 Å². The average molecular weight is 508 g/mol. The number of rotatable bonds is 9. The van der Waals surface area contributed by atoms with E-state index in [1.807, 2.05) is 38.1 Å². The summed E-state index contributed by atoms with van der Waals surface area (Å²) in [5.74, 6) is 2.52. The number of nitrogens with zero attached hydrogens (tertiary/aromatic N) is 3. The second kappa shape index (κ2) is 11.4. The SMILES string of the molecule is CCOc1cc(C2CCN(CC)CC2)ccc1Nc1ncc(C)c(Nc2ccccc2P(C)(C)=O)n1. The molecule has 0 radical (unpaired) electrons. The molecule has 36 heavy (non-hydrogen) atoms. The quantitative estimate of drug-likeness (QED) is 0.338. The van der Waals surface area contributed by atoms with Gasteiger partial charge in [0, 0.05) is 17.1 Å². The monoisotopic (exact) mass is 507 g/mol. The Morgan fingerprint density at radius 3 is 2.50 bits per heavy atom. The van der Waals surface area contributed by atoms with Crippen molar-refractivity contribution in [3.63, 3.8) is 0 Å². The molecule has 192 valence electrons. The highest BCUT2D eigenvalue weighted by molar-refractivity contribution is 7.70. The van der Waals surface area contributed by atoms with Gasteiger partial charge in [-0.2, -0.15) is 4.98 Å². The molecule has 0 bridgehead atoms. The third-order valence-electron chi connectivity index (χ3n) is 6.77. The fourth-order valence-corrected chi connectivity index (χ4v) is 5.83. The molecule has 2 N–H and O–H groups in total. The molecule has 2 heterocycles. The highest BCUT2D eigenvalue weighted by atomic mass is 31.2. The third-order valence-corrected chi connectivity index (χ3v) is 8.32. The minimum absolute atomic E-state index is 0.474. The molecule has 0 spiro atoms. The summed E-state index contributed by atoms with van der Waals surface area (Å²) < 4.78 is 18.8. The molecule has 7 nitrogen and oxygen atoms in total. The predicted molar refractivity (Wildman–Crippen MR) is 151 cm³/mol. The molecule has 1 aliphatic heterocycles. The van der Waals surface area contributed by atoms with Crippen molar-refractivity contribution in [3.8, 4) is 5.75 Å². The Labute approximate surface area is 215 Å². The topological polar surface area (TPSA) is 79.4 Å². The minimum atomic E-state index is -2.45. The normalized spacial score (nSPS) is 15.0. The van der Waals surface area contributed by atoms with Gasteiger partial charge in [-0.1, -0.05) is 25.1 Å². The maximum absolute atomic E-state index is 12.8. The lowest BCUT2D eigenvalue weighted by atomic mass is 9.89. The number of aromatic nitrogens is 2. The Morgan fingerprint density at radius 1 is 1.06 bits per heavy atom. The van der Waals surface area contributed by atoms with Crippen LogP contribution in [-0.2, 0) is 4.57 Å². The first-order chi connectivity index (χ1) is 17.3. The average Bonchev–Trinajstić information content (AvgIpc) is 2.87. The van der Waals surface area contributed by atoms with Gasteiger partial charge in [0.25, 0.3) is 0 Å². The van der Waals surface area contributed by atoms with E-state index in [2.05, 4.69) is 45.6 Å². The van der Waals surface area contributed by atoms with E-state index in [4.69, 9.17) is 9.72 Å². The van der Waals surface area contributed by atoms with Crippen LogP contribution in [0.25, 0.3) is 0 Å². The number of hydrogen-bond donors (Lipinski definition) is 2. The highest BCUT2D eigenvalue weighted by Gasteiger charge is 2.21. The summed E-state index contributed by atoms with van der Waals surface area (Å²) >= 11 is 0. The Balaban J connectivity index is 1.56. The molecule has 4 rings (SSSR count). The van der Waals surface area contributed by atoms with Gasteiger partial charge in [0.2, 0.25) is 5.95 Å². The van der Waals surface area contributed by atoms with Crippen molar-refractivity contribution < 1.29 is 9.30 Å². The van der Waals surface area contributed by atoms with E-state index in [9.17, 15) is 4.57 Å². The van der Waals surface area contributed by atoms with E-state index in [1.54, 1.807) is 19.5 Å². The molecule has 3 aromatic rings. The van der Waals surface area contributed by atoms with Crippen molar-refractivity contribution in [2.75, 3.05) is 50.2 Å². The molecule has 0 unspecified atom stereocenters. The van der Waals surface area contributed by atoms with E-state index in [0.717, 1.165) is 47.6 Å². The van der Waals surface area contributed by atoms with Gasteiger partial charge in [0.15, 0.2) is 0 Å². The van der Waals surface area contributed by atoms with Gasteiger partial charge in [-0.3, -0.25) is 0 Å². The van der Waals surface area contributed by atoms with Gasteiger partial charge in [0.1, 0.15) is 18.7 Å². The van der Waals surface area contributed by atoms with Crippen LogP contribution in [0.5, 0.6) is 5.75 Å². The summed E-state index contributed by atoms with van der Waals surface area (Å²) in [5, 5.41) is 7.53. The number of para-hydroxylation sites is 1. The van der Waals surface area contributed by atoms with Crippen LogP contribution in [0.2, 0.25) is 0 Å². The first kappa shape index (κ1) is 26.2. The zero-order valence-corrected chi connectivity index (χ0v) is 22.9. The summed E-state index contributed by atoms with van der Waals surface area (Å²) in [4.78, 5) is 11.7. The summed E-state index contributed by atoms with van der Waals surface area (Å²) in [5.41, 5.74) is 3.86. The molecule has 8 heteroatoms. The van der Waals surface area contributed by atoms with Crippen LogP contribution in [0, 0.1) is 6.92 Å². The van der Waals surface area contributed by atoms with Crippen molar-refractivity contribution >= 4 is 35.6 Å². The Morgan fingerprint density at radius 2 is 1.81 bits per heavy atom. The van der Waals surface area contributed by atoms with Crippen LogP contribution in [0.15, 0.2) is 48.7 Å². The van der Waals surface area contributed by atoms with Crippen LogP contribution in [-0.4, -0.2) is 54.4 Å². The van der Waals surface area contributed by atoms with Crippen molar-refractivity contribution in [2.45, 2.75) is 39.5 Å². The maximum Gasteiger partial charge on any atom is 0.229 e. The molecule has 2 aromatic carbocycles. The minimum Gasteiger partial charge on any atom is -0.492 e. The van der Waals surface area contributed by atoms with Crippen LogP contribution >= 0.6 is 7.14 Å². The van der Waals surface area contributed by atoms with Gasteiger partial charge < -0.3 is 24.8 Å². The van der Waals surface area contributed by atoms with Crippen molar-refractivity contribution in [1.29, 1.82) is 0 Å². The van der Waals surface area contributed by atoms with Gasteiger partial charge >= 0.3 is 0 Å². The highest BCUT2D eigenvalue weighted by Crippen LogP contribution is 2.39. The smallest absolute Gasteiger partial charge is 0.229 e. The number of anilines is 4. The summed E-state index contributed by atoms with van der Waals surface area (Å²) in [6.07, 6.45) is 4.13. The van der Waals surface area contributed by atoms with Gasteiger partial charge in [-0.15, -0.1) is 0 Å². The molecule has 1 saturated heterocycles. The number of likely N-dealkylation sites (tertiary alicyclic amines) is 1. The summed E-state index contributed by atoms with van der Waals surface area (Å²) in [7, 11) is -2.45. The summed E-state index contributed by atoms with van der Waals surface area (Å²) in [6, 6.07) is 14.1. The van der Waals surface area contributed by atoms with Crippen LogP contribution in [0.1, 0.15) is 43.7 Å². The molecule has 1 aliphatic rings. The molecule has 0 amide bonds. The van der Waals surface area contributed by atoms with E-state index in [0.29, 0.717) is 24.3 Å². The summed E-state index contributed by atoms with van der Waals surface area (Å²) in [6.45, 7) is 13.7. The Hall–Kier alpha value is -2.89. The largest absolute Gasteiger partial charge is 0.492 e. The molecule has 0 atom stereocenters. The number of benzene rings is 2. The van der Waals surface area contributed by atoms with E-state index >= 15 is 0 Å². The number of ether oxygens (including phenoxy) is 1. The molecule has 1 fully saturated rings. The predicted octanol–water partition coefficient (Wildman–Crippen LogP) is 6.12. The fraction of sp³-hybridized carbons (Fsp3) is 0.429. The lowest BCUT2D eigenvalue weighted by Crippen LogP contribution is -2.32. The first-order valence-corrected chi connectivity index (χ1v) is 15.4. The molecule has 1 aromatic heterocycles. The second-order valence-electron chi connectivity index (χ2n) is 9.74. The van der Waals surface area contributed by atoms with Crippen LogP contribution in [0.4, 0.5) is 23.1 Å². The number of nitrogens with one attached hydrogen (secondary N) is 2. The lowest BCUT2D eigenvalue weighted by molar-refractivity contribution is 0.222. The second-order valence-corrected chi connectivity index (χ2v) is 12.9. The molecule has 0 aliphatic carbocycles. The zero-order chi connectivity index (χ0) is 25.7. The maximum atomic E-state index is 12.8. The molecular formula is C28H38N5O2P. The Kier molecular flexibility index (Phi) is 8.32. The van der Waals surface area contributed by atoms with E-state index in [1.165, 1.54) is 18.4 Å². The van der Waals surface area contributed by atoms with Gasteiger partial charge in [-0.05, 0) is 95.4 Å². The lowest BCUT2D eigenvalue weighted by Gasteiger charge is -2.31. The fourth-order valence-electron chi connectivity index (χ4n) is 4.68. The number of piperidine rings is 1. The molecule has 0 saturated carbocycles. The van der Waals surface area contributed by atoms with Gasteiger partial charge in [0.05, 0.1) is 18.0 Å². The van der Waals surface area contributed by atoms with E-state index in [-0.39, 0.29) is 0 Å². The standard InChI is InChI=1S/C28H38N5O2P/c1-6-33-16-14-21(15-17-33)22-12-13-23(25(18-22)35-7-2)31-28-29-19-20(3)27(32-28)30-24-10-8-9-11-26(24)36(4,5)34/h8-13,18-19,21H,6-7,14-17H2,1-5H3,(H2,29,30,31,32). The first-order valence-electron chi connectivity index (χ1n) is 12.8. The van der Waals surface area contributed by atoms with Crippen LogP contribution in [0.3, 0.4) is 0 Å². The van der Waals surface area contributed by atoms with Crippen molar-refractivity contribution in [3.05, 3.63) is 59.8 Å². The van der Waals surface area contributed by atoms with E-state index < -0.39 is 7.14 Å². The zero-order valence-electron chi connectivity index (χ0n) is 22.0. The van der Waals surface area contributed by atoms with Crippen molar-refractivity contribution in [1.82, 2.24) is 14.9 Å². The number of hydrogen-bond acceptors (Lipinski definition) is 7. The third kappa shape index (κ3) is 6.26.